The molecule has 0 atom stereocenters. The molecule has 0 saturated carbocycles. The lowest BCUT2D eigenvalue weighted by Gasteiger charge is -2.19. The molecule has 0 amide bonds. The summed E-state index contributed by atoms with van der Waals surface area (Å²) in [6.07, 6.45) is 0.688. The van der Waals surface area contributed by atoms with E-state index in [0.717, 1.165) is 0 Å². The first-order valence-corrected chi connectivity index (χ1v) is 4.19. The quantitative estimate of drug-likeness (QED) is 0.690. The molecule has 0 aromatic heterocycles. The molecule has 0 aromatic rings. The number of carboxylic acids is 1. The number of rotatable bonds is 5. The molecular weight excluding hydrogens is 168 g/mol. The number of nitriles is 1. The molecule has 0 saturated heterocycles. The number of nitrogens with zero attached hydrogens (tertiary/aromatic N) is 2. The number of likely N-dealkylation sites (N-methyl/N-ethyl adjacent to an activating group) is 1. The standard InChI is InChI=1S/C9H16N2O2/c1-9(2,7-10)4-5-11(3)6-8(12)13/h4-6H2,1-3H3,(H,12,13). The van der Waals surface area contributed by atoms with Crippen molar-refractivity contribution in [2.45, 2.75) is 20.3 Å². The molecule has 0 bridgehead atoms. The molecule has 0 aromatic carbocycles. The molecule has 1 N–H and O–H groups in total. The van der Waals surface area contributed by atoms with Crippen LogP contribution in [0.25, 0.3) is 0 Å². The Morgan fingerprint density at radius 2 is 2.15 bits per heavy atom. The zero-order valence-electron chi connectivity index (χ0n) is 8.37. The Hall–Kier alpha value is -1.08. The third kappa shape index (κ3) is 6.12. The summed E-state index contributed by atoms with van der Waals surface area (Å²) in [4.78, 5) is 12.0. The lowest BCUT2D eigenvalue weighted by atomic mass is 9.91. The van der Waals surface area contributed by atoms with Gasteiger partial charge >= 0.3 is 5.97 Å². The molecule has 0 aliphatic heterocycles. The lowest BCUT2D eigenvalue weighted by molar-refractivity contribution is -0.138. The summed E-state index contributed by atoms with van der Waals surface area (Å²) >= 11 is 0. The fourth-order valence-corrected chi connectivity index (χ4v) is 0.836. The van der Waals surface area contributed by atoms with Gasteiger partial charge in [0.1, 0.15) is 0 Å². The zero-order valence-corrected chi connectivity index (χ0v) is 8.37. The normalized spacial score (nSPS) is 11.3. The number of hydrogen-bond donors (Lipinski definition) is 1. The summed E-state index contributed by atoms with van der Waals surface area (Å²) in [6, 6.07) is 2.18. The van der Waals surface area contributed by atoms with Crippen LogP contribution in [0, 0.1) is 16.7 Å². The predicted octanol–water partition coefficient (Wildman–Crippen LogP) is 0.943. The van der Waals surface area contributed by atoms with Gasteiger partial charge in [0, 0.05) is 0 Å². The largest absolute Gasteiger partial charge is 0.480 e. The molecule has 0 heterocycles. The van der Waals surface area contributed by atoms with E-state index in [9.17, 15) is 4.79 Å². The highest BCUT2D eigenvalue weighted by Crippen LogP contribution is 2.18. The van der Waals surface area contributed by atoms with E-state index in [1.54, 1.807) is 11.9 Å². The minimum Gasteiger partial charge on any atom is -0.480 e. The minimum absolute atomic E-state index is 0.0293. The van der Waals surface area contributed by atoms with Crippen molar-refractivity contribution in [3.8, 4) is 6.07 Å². The molecule has 0 spiro atoms. The van der Waals surface area contributed by atoms with Gasteiger partial charge in [-0.2, -0.15) is 5.26 Å². The van der Waals surface area contributed by atoms with Crippen LogP contribution >= 0.6 is 0 Å². The molecular formula is C9H16N2O2. The van der Waals surface area contributed by atoms with Crippen molar-refractivity contribution in [3.05, 3.63) is 0 Å². The Kier molecular flexibility index (Phi) is 4.43. The van der Waals surface area contributed by atoms with Crippen LogP contribution in [0.4, 0.5) is 0 Å². The summed E-state index contributed by atoms with van der Waals surface area (Å²) in [5.41, 5.74) is -0.368. The molecule has 4 heteroatoms. The number of carbonyl (C=O) groups is 1. The zero-order chi connectivity index (χ0) is 10.5. The second-order valence-electron chi connectivity index (χ2n) is 3.88. The van der Waals surface area contributed by atoms with Crippen LogP contribution in [0.1, 0.15) is 20.3 Å². The van der Waals surface area contributed by atoms with Crippen molar-refractivity contribution in [1.29, 1.82) is 5.26 Å². The molecule has 0 aliphatic rings. The van der Waals surface area contributed by atoms with Crippen molar-refractivity contribution >= 4 is 5.97 Å². The van der Waals surface area contributed by atoms with Gasteiger partial charge in [-0.25, -0.2) is 0 Å². The number of hydrogen-bond acceptors (Lipinski definition) is 3. The third-order valence-corrected chi connectivity index (χ3v) is 1.83. The highest BCUT2D eigenvalue weighted by Gasteiger charge is 2.17. The van der Waals surface area contributed by atoms with Gasteiger partial charge in [0.25, 0.3) is 0 Å². The predicted molar refractivity (Wildman–Crippen MR) is 49.1 cm³/mol. The van der Waals surface area contributed by atoms with Gasteiger partial charge in [-0.05, 0) is 33.9 Å². The van der Waals surface area contributed by atoms with Crippen molar-refractivity contribution in [1.82, 2.24) is 4.90 Å². The number of carboxylic acid groups (broad SMARTS) is 1. The lowest BCUT2D eigenvalue weighted by Crippen LogP contribution is -2.29. The van der Waals surface area contributed by atoms with Crippen LogP contribution in [0.5, 0.6) is 0 Å². The Labute approximate surface area is 78.8 Å². The third-order valence-electron chi connectivity index (χ3n) is 1.83. The Balaban J connectivity index is 3.77. The van der Waals surface area contributed by atoms with Gasteiger partial charge in [0.2, 0.25) is 0 Å². The monoisotopic (exact) mass is 184 g/mol. The van der Waals surface area contributed by atoms with Crippen LogP contribution in [0.3, 0.4) is 0 Å². The highest BCUT2D eigenvalue weighted by atomic mass is 16.4. The van der Waals surface area contributed by atoms with E-state index in [1.807, 2.05) is 13.8 Å². The van der Waals surface area contributed by atoms with Crippen LogP contribution in [0.15, 0.2) is 0 Å². The fourth-order valence-electron chi connectivity index (χ4n) is 0.836. The topological polar surface area (TPSA) is 64.3 Å². The minimum atomic E-state index is -0.836. The van der Waals surface area contributed by atoms with E-state index in [1.165, 1.54) is 0 Å². The highest BCUT2D eigenvalue weighted by molar-refractivity contribution is 5.68. The van der Waals surface area contributed by atoms with Gasteiger partial charge in [-0.3, -0.25) is 9.69 Å². The van der Waals surface area contributed by atoms with Crippen LogP contribution in [-0.2, 0) is 4.79 Å². The van der Waals surface area contributed by atoms with Gasteiger partial charge in [-0.1, -0.05) is 0 Å². The van der Waals surface area contributed by atoms with E-state index < -0.39 is 5.97 Å². The first-order chi connectivity index (χ1) is 5.87. The average Bonchev–Trinajstić information content (AvgIpc) is 2.00. The maximum Gasteiger partial charge on any atom is 0.317 e. The van der Waals surface area contributed by atoms with E-state index >= 15 is 0 Å². The molecule has 0 rings (SSSR count). The Morgan fingerprint density at radius 3 is 2.54 bits per heavy atom. The molecule has 0 unspecified atom stereocenters. The Morgan fingerprint density at radius 1 is 1.62 bits per heavy atom. The average molecular weight is 184 g/mol. The first kappa shape index (κ1) is 11.9. The van der Waals surface area contributed by atoms with Crippen LogP contribution in [-0.4, -0.2) is 36.1 Å². The molecule has 4 nitrogen and oxygen atoms in total. The molecule has 0 radical (unpaired) electrons. The Bertz CT molecular complexity index is 218. The summed E-state index contributed by atoms with van der Waals surface area (Å²) in [5, 5.41) is 17.2. The van der Waals surface area contributed by atoms with E-state index in [0.29, 0.717) is 13.0 Å². The first-order valence-electron chi connectivity index (χ1n) is 4.19. The maximum atomic E-state index is 10.3. The summed E-state index contributed by atoms with van der Waals surface area (Å²) in [7, 11) is 1.74. The summed E-state index contributed by atoms with van der Waals surface area (Å²) < 4.78 is 0. The van der Waals surface area contributed by atoms with Gasteiger partial charge in [-0.15, -0.1) is 0 Å². The van der Waals surface area contributed by atoms with Crippen LogP contribution in [0.2, 0.25) is 0 Å². The smallest absolute Gasteiger partial charge is 0.317 e. The number of aliphatic carboxylic acids is 1. The van der Waals surface area contributed by atoms with E-state index in [-0.39, 0.29) is 12.0 Å². The molecule has 13 heavy (non-hydrogen) atoms. The molecule has 74 valence electrons. The fraction of sp³-hybridized carbons (Fsp3) is 0.778. The van der Waals surface area contributed by atoms with E-state index in [2.05, 4.69) is 6.07 Å². The SMILES string of the molecule is CN(CCC(C)(C)C#N)CC(=O)O. The maximum absolute atomic E-state index is 10.3. The van der Waals surface area contributed by atoms with Crippen molar-refractivity contribution in [2.24, 2.45) is 5.41 Å². The molecule has 0 fully saturated rings. The van der Waals surface area contributed by atoms with Crippen molar-refractivity contribution in [2.75, 3.05) is 20.1 Å². The van der Waals surface area contributed by atoms with Gasteiger partial charge in [0.05, 0.1) is 18.0 Å². The molecule has 0 aliphatic carbocycles. The second-order valence-corrected chi connectivity index (χ2v) is 3.88. The van der Waals surface area contributed by atoms with Gasteiger partial charge in [0.15, 0.2) is 0 Å². The van der Waals surface area contributed by atoms with Crippen LogP contribution < -0.4 is 0 Å². The van der Waals surface area contributed by atoms with E-state index in [4.69, 9.17) is 10.4 Å². The summed E-state index contributed by atoms with van der Waals surface area (Å²) in [6.45, 7) is 4.36. The van der Waals surface area contributed by atoms with Gasteiger partial charge < -0.3 is 5.11 Å². The van der Waals surface area contributed by atoms with Crippen molar-refractivity contribution < 1.29 is 9.90 Å². The second kappa shape index (κ2) is 4.83. The summed E-state index contributed by atoms with van der Waals surface area (Å²) in [5.74, 6) is -0.836. The van der Waals surface area contributed by atoms with Crippen molar-refractivity contribution in [3.63, 3.8) is 0 Å².